The maximum Gasteiger partial charge on any atom is 0.126 e. The van der Waals surface area contributed by atoms with E-state index in [2.05, 4.69) is 6.92 Å². The molecule has 0 fully saturated rings. The molecule has 12 heavy (non-hydrogen) atoms. The van der Waals surface area contributed by atoms with E-state index < -0.39 is 0 Å². The fraction of sp³-hybridized carbons (Fsp3) is 0.300. The molecule has 0 N–H and O–H groups in total. The van der Waals surface area contributed by atoms with E-state index >= 15 is 0 Å². The predicted molar refractivity (Wildman–Crippen MR) is 48.6 cm³/mol. The third-order valence-electron chi connectivity index (χ3n) is 1.57. The maximum atomic E-state index is 5.34. The first-order valence-electron chi connectivity index (χ1n) is 3.90. The lowest BCUT2D eigenvalue weighted by Crippen LogP contribution is -1.94. The van der Waals surface area contributed by atoms with Gasteiger partial charge in [-0.1, -0.05) is 6.07 Å². The van der Waals surface area contributed by atoms with Crippen LogP contribution in [0.2, 0.25) is 0 Å². The highest BCUT2D eigenvalue weighted by molar-refractivity contribution is 5.42. The molecule has 0 heterocycles. The highest BCUT2D eigenvalue weighted by Crippen LogP contribution is 2.23. The summed E-state index contributed by atoms with van der Waals surface area (Å²) in [4.78, 5) is 0. The van der Waals surface area contributed by atoms with E-state index in [1.54, 1.807) is 7.11 Å². The van der Waals surface area contributed by atoms with Gasteiger partial charge in [-0.2, -0.15) is 0 Å². The predicted octanol–water partition coefficient (Wildman–Crippen LogP) is 2.28. The average molecular weight is 165 g/mol. The van der Waals surface area contributed by atoms with E-state index in [0.29, 0.717) is 6.61 Å². The van der Waals surface area contributed by atoms with Crippen LogP contribution in [0.1, 0.15) is 12.5 Å². The third-order valence-corrected chi connectivity index (χ3v) is 1.57. The first-order chi connectivity index (χ1) is 5.77. The number of benzene rings is 1. The van der Waals surface area contributed by atoms with Crippen molar-refractivity contribution in [3.63, 3.8) is 0 Å². The second-order valence-corrected chi connectivity index (χ2v) is 2.41. The van der Waals surface area contributed by atoms with Crippen LogP contribution in [0.4, 0.5) is 0 Å². The molecule has 0 saturated carbocycles. The zero-order chi connectivity index (χ0) is 8.97. The smallest absolute Gasteiger partial charge is 0.126 e. The summed E-state index contributed by atoms with van der Waals surface area (Å²) in [5.74, 6) is 1.59. The Morgan fingerprint density at radius 2 is 2.17 bits per heavy atom. The van der Waals surface area contributed by atoms with E-state index in [9.17, 15) is 0 Å². The Morgan fingerprint density at radius 3 is 2.75 bits per heavy atom. The van der Waals surface area contributed by atoms with E-state index in [-0.39, 0.29) is 0 Å². The van der Waals surface area contributed by atoms with Crippen LogP contribution in [-0.4, -0.2) is 13.7 Å². The van der Waals surface area contributed by atoms with Crippen molar-refractivity contribution in [1.82, 2.24) is 0 Å². The normalized spacial score (nSPS) is 9.58. The minimum atomic E-state index is 0.648. The zero-order valence-corrected chi connectivity index (χ0v) is 7.46. The van der Waals surface area contributed by atoms with E-state index in [4.69, 9.17) is 9.47 Å². The lowest BCUT2D eigenvalue weighted by atomic mass is 10.2. The SMILES string of the molecule is [CH2]c1ccc(OC)cc1OCC. The number of hydrogen-bond donors (Lipinski definition) is 0. The number of ether oxygens (including phenoxy) is 2. The van der Waals surface area contributed by atoms with Gasteiger partial charge in [0.2, 0.25) is 0 Å². The summed E-state index contributed by atoms with van der Waals surface area (Å²) in [7, 11) is 1.63. The van der Waals surface area contributed by atoms with Gasteiger partial charge >= 0.3 is 0 Å². The van der Waals surface area contributed by atoms with Gasteiger partial charge in [-0.3, -0.25) is 0 Å². The monoisotopic (exact) mass is 165 g/mol. The van der Waals surface area contributed by atoms with Crippen LogP contribution in [0.3, 0.4) is 0 Å². The van der Waals surface area contributed by atoms with Crippen molar-refractivity contribution < 1.29 is 9.47 Å². The summed E-state index contributed by atoms with van der Waals surface area (Å²) in [5.41, 5.74) is 0.887. The molecule has 0 amide bonds. The molecule has 0 unspecified atom stereocenters. The van der Waals surface area contributed by atoms with Crippen molar-refractivity contribution in [3.8, 4) is 11.5 Å². The summed E-state index contributed by atoms with van der Waals surface area (Å²) < 4.78 is 10.4. The molecule has 65 valence electrons. The molecular weight excluding hydrogens is 152 g/mol. The van der Waals surface area contributed by atoms with Gasteiger partial charge in [0, 0.05) is 6.07 Å². The lowest BCUT2D eigenvalue weighted by Gasteiger charge is -2.08. The van der Waals surface area contributed by atoms with Crippen LogP contribution in [0.25, 0.3) is 0 Å². The van der Waals surface area contributed by atoms with E-state index in [1.807, 2.05) is 25.1 Å². The Balaban J connectivity index is 2.91. The van der Waals surface area contributed by atoms with Gasteiger partial charge in [0.1, 0.15) is 11.5 Å². The molecule has 2 heteroatoms. The van der Waals surface area contributed by atoms with Crippen molar-refractivity contribution >= 4 is 0 Å². The summed E-state index contributed by atoms with van der Waals surface area (Å²) in [6.07, 6.45) is 0. The molecule has 0 spiro atoms. The van der Waals surface area contributed by atoms with Gasteiger partial charge in [0.15, 0.2) is 0 Å². The van der Waals surface area contributed by atoms with Crippen molar-refractivity contribution in [2.75, 3.05) is 13.7 Å². The van der Waals surface area contributed by atoms with Crippen LogP contribution >= 0.6 is 0 Å². The minimum absolute atomic E-state index is 0.648. The molecule has 0 bridgehead atoms. The first kappa shape index (κ1) is 8.91. The fourth-order valence-electron chi connectivity index (χ4n) is 0.952. The topological polar surface area (TPSA) is 18.5 Å². The molecule has 2 nitrogen and oxygen atoms in total. The van der Waals surface area contributed by atoms with Gasteiger partial charge in [-0.25, -0.2) is 0 Å². The fourth-order valence-corrected chi connectivity index (χ4v) is 0.952. The van der Waals surface area contributed by atoms with Crippen LogP contribution < -0.4 is 9.47 Å². The molecule has 0 aliphatic carbocycles. The van der Waals surface area contributed by atoms with Gasteiger partial charge in [0.25, 0.3) is 0 Å². The molecule has 0 atom stereocenters. The van der Waals surface area contributed by atoms with E-state index in [0.717, 1.165) is 17.1 Å². The Hall–Kier alpha value is -1.18. The maximum absolute atomic E-state index is 5.34. The van der Waals surface area contributed by atoms with Gasteiger partial charge in [-0.15, -0.1) is 0 Å². The highest BCUT2D eigenvalue weighted by Gasteiger charge is 1.99. The molecule has 0 aliphatic rings. The molecule has 1 rings (SSSR count). The molecular formula is C10H13O2. The highest BCUT2D eigenvalue weighted by atomic mass is 16.5. The molecule has 0 saturated heterocycles. The molecule has 1 radical (unpaired) electrons. The molecule has 0 aliphatic heterocycles. The molecule has 0 aromatic heterocycles. The van der Waals surface area contributed by atoms with Crippen LogP contribution in [0.5, 0.6) is 11.5 Å². The molecule has 1 aromatic rings. The summed E-state index contributed by atoms with van der Waals surface area (Å²) in [6.45, 7) is 6.43. The Labute approximate surface area is 73.1 Å². The standard InChI is InChI=1S/C10H13O2/c1-4-12-10-7-9(11-3)6-5-8(10)2/h5-7H,2,4H2,1,3H3. The van der Waals surface area contributed by atoms with Crippen molar-refractivity contribution in [1.29, 1.82) is 0 Å². The summed E-state index contributed by atoms with van der Waals surface area (Å²) >= 11 is 0. The first-order valence-corrected chi connectivity index (χ1v) is 3.90. The van der Waals surface area contributed by atoms with Crippen LogP contribution in [0.15, 0.2) is 18.2 Å². The van der Waals surface area contributed by atoms with Crippen LogP contribution in [-0.2, 0) is 0 Å². The minimum Gasteiger partial charge on any atom is -0.497 e. The van der Waals surface area contributed by atoms with Gasteiger partial charge < -0.3 is 9.47 Å². The van der Waals surface area contributed by atoms with Crippen molar-refractivity contribution in [3.05, 3.63) is 30.7 Å². The summed E-state index contributed by atoms with van der Waals surface area (Å²) in [5, 5.41) is 0. The number of hydrogen-bond acceptors (Lipinski definition) is 2. The average Bonchev–Trinajstić information content (AvgIpc) is 2.09. The van der Waals surface area contributed by atoms with Crippen LogP contribution in [0, 0.1) is 6.92 Å². The molecule has 1 aromatic carbocycles. The van der Waals surface area contributed by atoms with Gasteiger partial charge in [0.05, 0.1) is 13.7 Å². The second kappa shape index (κ2) is 4.00. The Kier molecular flexibility index (Phi) is 2.97. The zero-order valence-electron chi connectivity index (χ0n) is 7.46. The second-order valence-electron chi connectivity index (χ2n) is 2.41. The van der Waals surface area contributed by atoms with Crippen molar-refractivity contribution in [2.24, 2.45) is 0 Å². The summed E-state index contributed by atoms with van der Waals surface area (Å²) in [6, 6.07) is 5.58. The third kappa shape index (κ3) is 1.91. The van der Waals surface area contributed by atoms with Gasteiger partial charge in [-0.05, 0) is 25.5 Å². The largest absolute Gasteiger partial charge is 0.497 e. The van der Waals surface area contributed by atoms with E-state index in [1.165, 1.54) is 0 Å². The Bertz CT molecular complexity index is 256. The number of rotatable bonds is 3. The quantitative estimate of drug-likeness (QED) is 0.684. The Morgan fingerprint density at radius 1 is 1.42 bits per heavy atom. The lowest BCUT2D eigenvalue weighted by molar-refractivity contribution is 0.335. The number of methoxy groups -OCH3 is 1. The van der Waals surface area contributed by atoms with Crippen molar-refractivity contribution in [2.45, 2.75) is 6.92 Å².